The fraction of sp³-hybridized carbons (Fsp3) is 0.350. The Labute approximate surface area is 153 Å². The van der Waals surface area contributed by atoms with Crippen molar-refractivity contribution in [3.63, 3.8) is 0 Å². The molecule has 0 aliphatic heterocycles. The van der Waals surface area contributed by atoms with E-state index in [4.69, 9.17) is 10.5 Å². The number of ether oxygens (including phenoxy) is 1. The molecule has 26 heavy (non-hydrogen) atoms. The zero-order valence-corrected chi connectivity index (χ0v) is 15.9. The summed E-state index contributed by atoms with van der Waals surface area (Å²) in [4.78, 5) is 17.3. The highest BCUT2D eigenvalue weighted by Gasteiger charge is 2.25. The number of hydrogen-bond acceptors (Lipinski definition) is 5. The molecule has 0 saturated carbocycles. The molecule has 6 nitrogen and oxygen atoms in total. The van der Waals surface area contributed by atoms with Crippen molar-refractivity contribution in [2.24, 2.45) is 5.73 Å². The molecule has 0 bridgehead atoms. The molecule has 1 aromatic carbocycles. The monoisotopic (exact) mass is 352 g/mol. The molecule has 0 spiro atoms. The summed E-state index contributed by atoms with van der Waals surface area (Å²) in [6.45, 7) is 10.2. The predicted molar refractivity (Wildman–Crippen MR) is 101 cm³/mol. The molecule has 2 N–H and O–H groups in total. The van der Waals surface area contributed by atoms with Crippen molar-refractivity contribution in [3.05, 3.63) is 51.8 Å². The SMILES string of the molecule is CCOC(=O)c1c(C)nc2cc(C)nn2c1-c1c(C)cc(C)cc1CN. The Bertz CT molecular complexity index is 1000. The van der Waals surface area contributed by atoms with Crippen LogP contribution in [0.4, 0.5) is 0 Å². The molecule has 136 valence electrons. The minimum Gasteiger partial charge on any atom is -0.462 e. The fourth-order valence-corrected chi connectivity index (χ4v) is 3.47. The van der Waals surface area contributed by atoms with Gasteiger partial charge in [-0.1, -0.05) is 17.7 Å². The van der Waals surface area contributed by atoms with E-state index in [1.165, 1.54) is 0 Å². The number of nitrogens with two attached hydrogens (primary N) is 1. The van der Waals surface area contributed by atoms with E-state index < -0.39 is 5.97 Å². The van der Waals surface area contributed by atoms with Crippen LogP contribution >= 0.6 is 0 Å². The number of hydrogen-bond donors (Lipinski definition) is 1. The topological polar surface area (TPSA) is 82.5 Å². The summed E-state index contributed by atoms with van der Waals surface area (Å²) in [5.41, 5.74) is 13.4. The van der Waals surface area contributed by atoms with Crippen molar-refractivity contribution in [2.45, 2.75) is 41.2 Å². The Kier molecular flexibility index (Phi) is 4.78. The van der Waals surface area contributed by atoms with Crippen molar-refractivity contribution in [1.29, 1.82) is 0 Å². The average molecular weight is 352 g/mol. The van der Waals surface area contributed by atoms with Crippen LogP contribution in [0.2, 0.25) is 0 Å². The highest BCUT2D eigenvalue weighted by molar-refractivity contribution is 5.98. The maximum atomic E-state index is 12.8. The second-order valence-corrected chi connectivity index (χ2v) is 6.52. The smallest absolute Gasteiger partial charge is 0.342 e. The van der Waals surface area contributed by atoms with E-state index in [9.17, 15) is 4.79 Å². The molecule has 0 fully saturated rings. The van der Waals surface area contributed by atoms with Gasteiger partial charge >= 0.3 is 5.97 Å². The maximum Gasteiger partial charge on any atom is 0.342 e. The van der Waals surface area contributed by atoms with E-state index in [0.29, 0.717) is 35.8 Å². The van der Waals surface area contributed by atoms with Gasteiger partial charge in [0.05, 0.1) is 23.7 Å². The van der Waals surface area contributed by atoms with Crippen LogP contribution in [0, 0.1) is 27.7 Å². The van der Waals surface area contributed by atoms with Gasteiger partial charge in [0.25, 0.3) is 0 Å². The zero-order chi connectivity index (χ0) is 19.0. The summed E-state index contributed by atoms with van der Waals surface area (Å²) in [5, 5.41) is 4.58. The Hall–Kier alpha value is -2.73. The van der Waals surface area contributed by atoms with Crippen LogP contribution < -0.4 is 5.73 Å². The predicted octanol–water partition coefficient (Wildman–Crippen LogP) is 3.27. The van der Waals surface area contributed by atoms with E-state index in [0.717, 1.165) is 27.9 Å². The van der Waals surface area contributed by atoms with E-state index in [1.54, 1.807) is 11.4 Å². The van der Waals surface area contributed by atoms with Gasteiger partial charge in [0.1, 0.15) is 5.56 Å². The second-order valence-electron chi connectivity index (χ2n) is 6.52. The Morgan fingerprint density at radius 2 is 1.92 bits per heavy atom. The first-order valence-corrected chi connectivity index (χ1v) is 8.72. The standard InChI is InChI=1S/C20H24N4O2/c1-6-26-20(25)18-14(5)22-16-9-13(4)23-24(16)19(18)17-12(3)7-11(2)8-15(17)10-21/h7-9H,6,10,21H2,1-5H3. The van der Waals surface area contributed by atoms with Gasteiger partial charge in [0.15, 0.2) is 5.65 Å². The molecule has 0 aliphatic rings. The molecule has 2 heterocycles. The second kappa shape index (κ2) is 6.88. The van der Waals surface area contributed by atoms with Gasteiger partial charge in [0, 0.05) is 18.2 Å². The highest BCUT2D eigenvalue weighted by atomic mass is 16.5. The van der Waals surface area contributed by atoms with Gasteiger partial charge in [-0.15, -0.1) is 0 Å². The van der Waals surface area contributed by atoms with E-state index >= 15 is 0 Å². The Balaban J connectivity index is 2.48. The molecule has 2 aromatic heterocycles. The molecule has 0 saturated heterocycles. The first-order valence-electron chi connectivity index (χ1n) is 8.72. The number of carbonyl (C=O) groups excluding carboxylic acids is 1. The van der Waals surface area contributed by atoms with Crippen LogP contribution in [-0.4, -0.2) is 27.2 Å². The molecular weight excluding hydrogens is 328 g/mol. The lowest BCUT2D eigenvalue weighted by Crippen LogP contribution is -2.15. The van der Waals surface area contributed by atoms with Crippen molar-refractivity contribution >= 4 is 11.6 Å². The fourth-order valence-electron chi connectivity index (χ4n) is 3.47. The third-order valence-electron chi connectivity index (χ3n) is 4.40. The molecule has 3 rings (SSSR count). The number of aromatic nitrogens is 3. The lowest BCUT2D eigenvalue weighted by atomic mass is 9.93. The Morgan fingerprint density at radius 3 is 2.58 bits per heavy atom. The Morgan fingerprint density at radius 1 is 1.19 bits per heavy atom. The number of carbonyl (C=O) groups is 1. The normalized spacial score (nSPS) is 11.2. The summed E-state index contributed by atoms with van der Waals surface area (Å²) >= 11 is 0. The molecular formula is C20H24N4O2. The number of nitrogens with zero attached hydrogens (tertiary/aromatic N) is 3. The number of aryl methyl sites for hydroxylation is 4. The number of fused-ring (bicyclic) bond motifs is 1. The van der Waals surface area contributed by atoms with Crippen molar-refractivity contribution in [2.75, 3.05) is 6.61 Å². The average Bonchev–Trinajstić information content (AvgIpc) is 2.93. The zero-order valence-electron chi connectivity index (χ0n) is 15.9. The van der Waals surface area contributed by atoms with E-state index in [2.05, 4.69) is 22.2 Å². The number of esters is 1. The van der Waals surface area contributed by atoms with Crippen molar-refractivity contribution in [1.82, 2.24) is 14.6 Å². The molecule has 3 aromatic rings. The molecule has 0 unspecified atom stereocenters. The largest absolute Gasteiger partial charge is 0.462 e. The van der Waals surface area contributed by atoms with E-state index in [1.807, 2.05) is 33.8 Å². The van der Waals surface area contributed by atoms with Gasteiger partial charge in [-0.25, -0.2) is 14.3 Å². The van der Waals surface area contributed by atoms with E-state index in [-0.39, 0.29) is 0 Å². The van der Waals surface area contributed by atoms with Gasteiger partial charge in [-0.3, -0.25) is 0 Å². The van der Waals surface area contributed by atoms with Crippen LogP contribution in [0.5, 0.6) is 0 Å². The summed E-state index contributed by atoms with van der Waals surface area (Å²) in [5.74, 6) is -0.398. The van der Waals surface area contributed by atoms with Gasteiger partial charge < -0.3 is 10.5 Å². The van der Waals surface area contributed by atoms with Crippen LogP contribution in [0.3, 0.4) is 0 Å². The molecule has 0 radical (unpaired) electrons. The maximum absolute atomic E-state index is 12.8. The van der Waals surface area contributed by atoms with Crippen LogP contribution in [-0.2, 0) is 11.3 Å². The minimum atomic E-state index is -0.398. The third kappa shape index (κ3) is 2.97. The number of benzene rings is 1. The summed E-state index contributed by atoms with van der Waals surface area (Å²) in [6, 6.07) is 6.04. The van der Waals surface area contributed by atoms with Crippen molar-refractivity contribution < 1.29 is 9.53 Å². The lowest BCUT2D eigenvalue weighted by molar-refractivity contribution is 0.0525. The highest BCUT2D eigenvalue weighted by Crippen LogP contribution is 2.33. The quantitative estimate of drug-likeness (QED) is 0.729. The summed E-state index contributed by atoms with van der Waals surface area (Å²) in [6.07, 6.45) is 0. The van der Waals surface area contributed by atoms with Crippen LogP contribution in [0.25, 0.3) is 16.9 Å². The molecule has 0 aliphatic carbocycles. The molecule has 0 atom stereocenters. The molecule has 6 heteroatoms. The summed E-state index contributed by atoms with van der Waals surface area (Å²) in [7, 11) is 0. The van der Waals surface area contributed by atoms with Gasteiger partial charge in [-0.05, 0) is 45.7 Å². The third-order valence-corrected chi connectivity index (χ3v) is 4.40. The summed E-state index contributed by atoms with van der Waals surface area (Å²) < 4.78 is 7.04. The molecule has 0 amide bonds. The first kappa shape index (κ1) is 18.1. The van der Waals surface area contributed by atoms with Gasteiger partial charge in [0.2, 0.25) is 0 Å². The van der Waals surface area contributed by atoms with Crippen LogP contribution in [0.1, 0.15) is 45.4 Å². The number of rotatable bonds is 4. The first-order chi connectivity index (χ1) is 12.4. The van der Waals surface area contributed by atoms with Gasteiger partial charge in [-0.2, -0.15) is 5.10 Å². The van der Waals surface area contributed by atoms with Crippen molar-refractivity contribution in [3.8, 4) is 11.3 Å². The minimum absolute atomic E-state index is 0.296. The van der Waals surface area contributed by atoms with Crippen LogP contribution in [0.15, 0.2) is 18.2 Å². The lowest BCUT2D eigenvalue weighted by Gasteiger charge is -2.18.